The number of nitrogens with one attached hydrogen (secondary N) is 1. The van der Waals surface area contributed by atoms with E-state index in [1.165, 1.54) is 4.90 Å². The van der Waals surface area contributed by atoms with E-state index in [1.807, 2.05) is 0 Å². The van der Waals surface area contributed by atoms with Crippen molar-refractivity contribution in [2.45, 2.75) is 74.8 Å². The molecule has 3 saturated carbocycles. The quantitative estimate of drug-likeness (QED) is 0.789. The van der Waals surface area contributed by atoms with Crippen LogP contribution in [0.15, 0.2) is 0 Å². The number of carboxylic acid groups (broad SMARTS) is 1. The Kier molecular flexibility index (Phi) is 3.68. The standard InChI is InChI=1S/C14H21F3N2O2/c15-14(16,17)8-19(10-3-4-10)11-5-6-13(7-11,12(20)21)18-9-1-2-9/h9-11,18H,1-8H2,(H,20,21). The van der Waals surface area contributed by atoms with Crippen LogP contribution in [0.5, 0.6) is 0 Å². The highest BCUT2D eigenvalue weighted by atomic mass is 19.4. The van der Waals surface area contributed by atoms with Crippen molar-refractivity contribution in [3.63, 3.8) is 0 Å². The summed E-state index contributed by atoms with van der Waals surface area (Å²) in [5.41, 5.74) is -1.02. The number of nitrogens with zero attached hydrogens (tertiary/aromatic N) is 1. The Labute approximate surface area is 121 Å². The zero-order valence-electron chi connectivity index (χ0n) is 11.8. The van der Waals surface area contributed by atoms with Gasteiger partial charge < -0.3 is 5.11 Å². The SMILES string of the molecule is O=C(O)C1(NC2CC2)CCC(N(CC(F)(F)F)C2CC2)C1. The average molecular weight is 306 g/mol. The Bertz CT molecular complexity index is 421. The van der Waals surface area contributed by atoms with Gasteiger partial charge in [0, 0.05) is 18.1 Å². The Morgan fingerprint density at radius 3 is 2.33 bits per heavy atom. The topological polar surface area (TPSA) is 52.6 Å². The minimum atomic E-state index is -4.22. The van der Waals surface area contributed by atoms with Crippen molar-refractivity contribution in [2.24, 2.45) is 0 Å². The lowest BCUT2D eigenvalue weighted by molar-refractivity contribution is -0.153. The van der Waals surface area contributed by atoms with Gasteiger partial charge in [0.05, 0.1) is 6.54 Å². The van der Waals surface area contributed by atoms with Crippen LogP contribution in [0.1, 0.15) is 44.9 Å². The predicted molar refractivity (Wildman–Crippen MR) is 69.9 cm³/mol. The Balaban J connectivity index is 1.69. The fraction of sp³-hybridized carbons (Fsp3) is 0.929. The number of halogens is 3. The highest BCUT2D eigenvalue weighted by Gasteiger charge is 2.52. The molecule has 3 fully saturated rings. The van der Waals surface area contributed by atoms with E-state index in [9.17, 15) is 23.1 Å². The van der Waals surface area contributed by atoms with E-state index < -0.39 is 24.2 Å². The fourth-order valence-corrected chi connectivity index (χ4v) is 3.48. The summed E-state index contributed by atoms with van der Waals surface area (Å²) in [4.78, 5) is 13.1. The maximum atomic E-state index is 12.7. The van der Waals surface area contributed by atoms with Crippen molar-refractivity contribution in [2.75, 3.05) is 6.54 Å². The molecular formula is C14H21F3N2O2. The molecular weight excluding hydrogens is 285 g/mol. The Morgan fingerprint density at radius 2 is 1.86 bits per heavy atom. The van der Waals surface area contributed by atoms with Gasteiger partial charge in [-0.15, -0.1) is 0 Å². The van der Waals surface area contributed by atoms with Crippen molar-refractivity contribution in [1.29, 1.82) is 0 Å². The number of rotatable bonds is 6. The molecule has 0 amide bonds. The third-order valence-corrected chi connectivity index (χ3v) is 4.80. The monoisotopic (exact) mass is 306 g/mol. The lowest BCUT2D eigenvalue weighted by Gasteiger charge is -2.32. The number of carboxylic acids is 1. The van der Waals surface area contributed by atoms with Gasteiger partial charge in [-0.2, -0.15) is 13.2 Å². The third-order valence-electron chi connectivity index (χ3n) is 4.80. The van der Waals surface area contributed by atoms with Gasteiger partial charge in [-0.25, -0.2) is 0 Å². The van der Waals surface area contributed by atoms with E-state index in [2.05, 4.69) is 5.32 Å². The first-order chi connectivity index (χ1) is 9.79. The smallest absolute Gasteiger partial charge is 0.401 e. The van der Waals surface area contributed by atoms with Gasteiger partial charge in [0.15, 0.2) is 0 Å². The molecule has 120 valence electrons. The molecule has 0 heterocycles. The molecule has 7 heteroatoms. The summed E-state index contributed by atoms with van der Waals surface area (Å²) < 4.78 is 38.2. The van der Waals surface area contributed by atoms with Gasteiger partial charge in [0.2, 0.25) is 0 Å². The highest BCUT2D eigenvalue weighted by molar-refractivity contribution is 5.79. The molecule has 21 heavy (non-hydrogen) atoms. The van der Waals surface area contributed by atoms with Gasteiger partial charge >= 0.3 is 12.1 Å². The average Bonchev–Trinajstić information content (AvgIpc) is 3.25. The van der Waals surface area contributed by atoms with Gasteiger partial charge in [0.25, 0.3) is 0 Å². The van der Waals surface area contributed by atoms with Crippen LogP contribution in [-0.4, -0.2) is 52.4 Å². The van der Waals surface area contributed by atoms with Crippen LogP contribution in [-0.2, 0) is 4.79 Å². The molecule has 2 unspecified atom stereocenters. The number of hydrogen-bond donors (Lipinski definition) is 2. The highest BCUT2D eigenvalue weighted by Crippen LogP contribution is 2.41. The van der Waals surface area contributed by atoms with Crippen molar-refractivity contribution < 1.29 is 23.1 Å². The maximum absolute atomic E-state index is 12.7. The minimum Gasteiger partial charge on any atom is -0.480 e. The maximum Gasteiger partial charge on any atom is 0.401 e. The van der Waals surface area contributed by atoms with Crippen molar-refractivity contribution >= 4 is 5.97 Å². The lowest BCUT2D eigenvalue weighted by Crippen LogP contribution is -2.53. The molecule has 0 spiro atoms. The molecule has 0 saturated heterocycles. The largest absolute Gasteiger partial charge is 0.480 e. The molecule has 0 radical (unpaired) electrons. The number of alkyl halides is 3. The first kappa shape index (κ1) is 15.1. The van der Waals surface area contributed by atoms with Gasteiger partial charge in [-0.3, -0.25) is 15.0 Å². The number of carbonyl (C=O) groups is 1. The van der Waals surface area contributed by atoms with Crippen LogP contribution in [0.2, 0.25) is 0 Å². The molecule has 0 aromatic heterocycles. The van der Waals surface area contributed by atoms with Gasteiger partial charge in [-0.1, -0.05) is 0 Å². The van der Waals surface area contributed by atoms with Gasteiger partial charge in [-0.05, 0) is 44.9 Å². The molecule has 2 N–H and O–H groups in total. The summed E-state index contributed by atoms with van der Waals surface area (Å²) >= 11 is 0. The predicted octanol–water partition coefficient (Wildman–Crippen LogP) is 2.14. The molecule has 2 atom stereocenters. The van der Waals surface area contributed by atoms with Crippen LogP contribution < -0.4 is 5.32 Å². The summed E-state index contributed by atoms with van der Waals surface area (Å²) in [5, 5.41) is 12.7. The summed E-state index contributed by atoms with van der Waals surface area (Å²) in [6.45, 7) is -0.915. The molecule has 4 nitrogen and oxygen atoms in total. The van der Waals surface area contributed by atoms with E-state index in [0.717, 1.165) is 25.7 Å². The molecule has 0 aromatic rings. The summed E-state index contributed by atoms with van der Waals surface area (Å²) in [7, 11) is 0. The first-order valence-electron chi connectivity index (χ1n) is 7.63. The summed E-state index contributed by atoms with van der Waals surface area (Å²) in [6.07, 6.45) is 0.532. The van der Waals surface area contributed by atoms with Crippen LogP contribution in [0.3, 0.4) is 0 Å². The normalized spacial score (nSPS) is 33.6. The molecule has 3 aliphatic rings. The van der Waals surface area contributed by atoms with E-state index in [0.29, 0.717) is 12.8 Å². The Morgan fingerprint density at radius 1 is 1.19 bits per heavy atom. The molecule has 0 aliphatic heterocycles. The summed E-state index contributed by atoms with van der Waals surface area (Å²) in [5.74, 6) is -0.917. The van der Waals surface area contributed by atoms with E-state index in [-0.39, 0.29) is 24.5 Å². The minimum absolute atomic E-state index is 0.0119. The van der Waals surface area contributed by atoms with E-state index in [4.69, 9.17) is 0 Å². The molecule has 3 aliphatic carbocycles. The van der Waals surface area contributed by atoms with E-state index >= 15 is 0 Å². The molecule has 3 rings (SSSR count). The van der Waals surface area contributed by atoms with Gasteiger partial charge in [0.1, 0.15) is 5.54 Å². The van der Waals surface area contributed by atoms with Crippen LogP contribution in [0.25, 0.3) is 0 Å². The van der Waals surface area contributed by atoms with Crippen molar-refractivity contribution in [3.05, 3.63) is 0 Å². The second kappa shape index (κ2) is 5.12. The van der Waals surface area contributed by atoms with E-state index in [1.54, 1.807) is 0 Å². The molecule has 0 aromatic carbocycles. The fourth-order valence-electron chi connectivity index (χ4n) is 3.48. The first-order valence-corrected chi connectivity index (χ1v) is 7.63. The number of aliphatic carboxylic acids is 1. The van der Waals surface area contributed by atoms with Crippen molar-refractivity contribution in [1.82, 2.24) is 10.2 Å². The lowest BCUT2D eigenvalue weighted by atomic mass is 9.97. The Hall–Kier alpha value is -0.820. The third kappa shape index (κ3) is 3.51. The number of hydrogen-bond acceptors (Lipinski definition) is 3. The zero-order valence-corrected chi connectivity index (χ0v) is 11.8. The second-order valence-electron chi connectivity index (χ2n) is 6.72. The summed E-state index contributed by atoms with van der Waals surface area (Å²) in [6, 6.07) is -0.0551. The second-order valence-corrected chi connectivity index (χ2v) is 6.72. The zero-order chi connectivity index (χ0) is 15.3. The van der Waals surface area contributed by atoms with Crippen molar-refractivity contribution in [3.8, 4) is 0 Å². The van der Waals surface area contributed by atoms with Crippen LogP contribution in [0, 0.1) is 0 Å². The van der Waals surface area contributed by atoms with Crippen LogP contribution in [0.4, 0.5) is 13.2 Å². The van der Waals surface area contributed by atoms with Crippen LogP contribution >= 0.6 is 0 Å². The molecule has 0 bridgehead atoms.